The van der Waals surface area contributed by atoms with Crippen LogP contribution in [0.1, 0.15) is 21.1 Å². The van der Waals surface area contributed by atoms with Crippen LogP contribution in [0.15, 0.2) is 30.3 Å². The first-order valence-corrected chi connectivity index (χ1v) is 7.90. The van der Waals surface area contributed by atoms with Crippen molar-refractivity contribution in [3.8, 4) is 0 Å². The largest absolute Gasteiger partial charge is 0.480 e. The van der Waals surface area contributed by atoms with E-state index in [2.05, 4.69) is 10.3 Å². The Morgan fingerprint density at radius 2 is 2.00 bits per heavy atom. The molecule has 1 amide bonds. The number of nitrogens with one attached hydrogen (secondary N) is 1. The van der Waals surface area contributed by atoms with Crippen molar-refractivity contribution in [1.29, 1.82) is 0 Å². The minimum atomic E-state index is -1.12. The number of rotatable bonds is 6. The van der Waals surface area contributed by atoms with Crippen LogP contribution in [0.2, 0.25) is 0 Å². The van der Waals surface area contributed by atoms with E-state index < -0.39 is 18.1 Å². The maximum Gasteiger partial charge on any atom is 0.408 e. The smallest absolute Gasteiger partial charge is 0.408 e. The molecule has 122 valence electrons. The number of ether oxygens (including phenoxy) is 1. The van der Waals surface area contributed by atoms with Gasteiger partial charge in [-0.3, -0.25) is 0 Å². The van der Waals surface area contributed by atoms with Gasteiger partial charge in [0.25, 0.3) is 0 Å². The van der Waals surface area contributed by atoms with Crippen LogP contribution in [0.25, 0.3) is 0 Å². The first-order chi connectivity index (χ1) is 11.0. The lowest BCUT2D eigenvalue weighted by Crippen LogP contribution is -2.42. The molecule has 1 aromatic carbocycles. The van der Waals surface area contributed by atoms with Crippen molar-refractivity contribution in [1.82, 2.24) is 10.3 Å². The molecule has 1 heterocycles. The van der Waals surface area contributed by atoms with E-state index in [1.165, 1.54) is 11.3 Å². The summed E-state index contributed by atoms with van der Waals surface area (Å²) in [5.74, 6) is -1.12. The molecule has 0 aliphatic heterocycles. The summed E-state index contributed by atoms with van der Waals surface area (Å²) < 4.78 is 5.04. The number of carbonyl (C=O) groups is 2. The molecule has 0 spiro atoms. The molecule has 0 radical (unpaired) electrons. The van der Waals surface area contributed by atoms with Gasteiger partial charge in [0.1, 0.15) is 12.6 Å². The average molecular weight is 334 g/mol. The van der Waals surface area contributed by atoms with Crippen LogP contribution in [-0.4, -0.2) is 28.2 Å². The van der Waals surface area contributed by atoms with Crippen LogP contribution in [-0.2, 0) is 22.6 Å². The van der Waals surface area contributed by atoms with Crippen molar-refractivity contribution >= 4 is 23.4 Å². The number of alkyl carbamates (subject to hydrolysis) is 1. The monoisotopic (exact) mass is 334 g/mol. The molecular formula is C16H18N2O4S. The minimum Gasteiger partial charge on any atom is -0.480 e. The molecule has 0 aliphatic carbocycles. The second kappa shape index (κ2) is 7.73. The van der Waals surface area contributed by atoms with Crippen molar-refractivity contribution < 1.29 is 19.4 Å². The summed E-state index contributed by atoms with van der Waals surface area (Å²) in [7, 11) is 0. The Hall–Kier alpha value is -2.41. The number of aryl methyl sites for hydroxylation is 2. The fourth-order valence-electron chi connectivity index (χ4n) is 1.91. The highest BCUT2D eigenvalue weighted by Gasteiger charge is 2.23. The van der Waals surface area contributed by atoms with Crippen LogP contribution in [0.3, 0.4) is 0 Å². The van der Waals surface area contributed by atoms with E-state index in [-0.39, 0.29) is 13.0 Å². The van der Waals surface area contributed by atoms with E-state index in [0.29, 0.717) is 5.01 Å². The van der Waals surface area contributed by atoms with Crippen LogP contribution in [0.4, 0.5) is 4.79 Å². The first-order valence-electron chi connectivity index (χ1n) is 7.08. The number of nitrogens with zero attached hydrogens (tertiary/aromatic N) is 1. The Balaban J connectivity index is 1.91. The minimum absolute atomic E-state index is 0.0917. The van der Waals surface area contributed by atoms with Gasteiger partial charge in [-0.25, -0.2) is 14.6 Å². The number of hydrogen-bond acceptors (Lipinski definition) is 5. The third-order valence-electron chi connectivity index (χ3n) is 3.25. The van der Waals surface area contributed by atoms with Gasteiger partial charge in [-0.15, -0.1) is 11.3 Å². The highest BCUT2D eigenvalue weighted by molar-refractivity contribution is 7.11. The summed E-state index contributed by atoms with van der Waals surface area (Å²) in [6.45, 7) is 3.88. The van der Waals surface area contributed by atoms with E-state index in [4.69, 9.17) is 4.74 Å². The van der Waals surface area contributed by atoms with Crippen LogP contribution >= 0.6 is 11.3 Å². The zero-order valence-corrected chi connectivity index (χ0v) is 13.7. The number of hydrogen-bond donors (Lipinski definition) is 2. The van der Waals surface area contributed by atoms with Crippen LogP contribution in [0, 0.1) is 13.8 Å². The van der Waals surface area contributed by atoms with E-state index in [0.717, 1.165) is 16.1 Å². The van der Waals surface area contributed by atoms with Gasteiger partial charge >= 0.3 is 12.1 Å². The highest BCUT2D eigenvalue weighted by Crippen LogP contribution is 2.18. The molecule has 1 unspecified atom stereocenters. The molecule has 6 nitrogen and oxygen atoms in total. The lowest BCUT2D eigenvalue weighted by Gasteiger charge is -2.13. The number of aliphatic carboxylic acids is 1. The fraction of sp³-hybridized carbons (Fsp3) is 0.312. The van der Waals surface area contributed by atoms with E-state index in [9.17, 15) is 14.7 Å². The predicted molar refractivity (Wildman–Crippen MR) is 86.5 cm³/mol. The fourth-order valence-corrected chi connectivity index (χ4v) is 2.89. The molecule has 2 N–H and O–H groups in total. The molecule has 0 fully saturated rings. The topological polar surface area (TPSA) is 88.5 Å². The van der Waals surface area contributed by atoms with E-state index >= 15 is 0 Å². The molecular weight excluding hydrogens is 316 g/mol. The summed E-state index contributed by atoms with van der Waals surface area (Å²) in [6.07, 6.45) is -0.624. The Bertz CT molecular complexity index is 665. The highest BCUT2D eigenvalue weighted by atomic mass is 32.1. The standard InChI is InChI=1S/C16H18N2O4S/c1-10-11(2)23-14(17-10)8-13(15(19)20)18-16(21)22-9-12-6-4-3-5-7-12/h3-7,13H,8-9H2,1-2H3,(H,18,21)(H,19,20). The zero-order valence-electron chi connectivity index (χ0n) is 12.9. The van der Waals surface area contributed by atoms with Gasteiger partial charge < -0.3 is 15.2 Å². The number of thiazole rings is 1. The Morgan fingerprint density at radius 1 is 1.30 bits per heavy atom. The summed E-state index contributed by atoms with van der Waals surface area (Å²) in [4.78, 5) is 28.4. The molecule has 0 saturated carbocycles. The molecule has 1 atom stereocenters. The molecule has 23 heavy (non-hydrogen) atoms. The summed E-state index contributed by atoms with van der Waals surface area (Å²) in [6, 6.07) is 8.12. The molecule has 0 aliphatic rings. The quantitative estimate of drug-likeness (QED) is 0.848. The Kier molecular flexibility index (Phi) is 5.70. The van der Waals surface area contributed by atoms with Gasteiger partial charge in [-0.1, -0.05) is 30.3 Å². The summed E-state index contributed by atoms with van der Waals surface area (Å²) in [5, 5.41) is 12.3. The molecule has 0 saturated heterocycles. The maximum absolute atomic E-state index is 11.8. The number of carboxylic acid groups (broad SMARTS) is 1. The average Bonchev–Trinajstić information content (AvgIpc) is 2.83. The van der Waals surface area contributed by atoms with Crippen molar-refractivity contribution in [3.05, 3.63) is 51.5 Å². The van der Waals surface area contributed by atoms with Crippen molar-refractivity contribution in [2.24, 2.45) is 0 Å². The van der Waals surface area contributed by atoms with E-state index in [1.54, 1.807) is 0 Å². The number of amides is 1. The molecule has 2 rings (SSSR count). The van der Waals surface area contributed by atoms with Crippen molar-refractivity contribution in [3.63, 3.8) is 0 Å². The maximum atomic E-state index is 11.8. The van der Waals surface area contributed by atoms with Gasteiger partial charge in [0.15, 0.2) is 0 Å². The predicted octanol–water partition coefficient (Wildman–Crippen LogP) is 2.68. The van der Waals surface area contributed by atoms with Gasteiger partial charge in [0.2, 0.25) is 0 Å². The first kappa shape index (κ1) is 17.0. The number of benzene rings is 1. The van der Waals surface area contributed by atoms with Crippen LogP contribution in [0.5, 0.6) is 0 Å². The number of aromatic nitrogens is 1. The van der Waals surface area contributed by atoms with E-state index in [1.807, 2.05) is 44.2 Å². The third kappa shape index (κ3) is 5.07. The Labute approximate surface area is 138 Å². The molecule has 1 aromatic heterocycles. The SMILES string of the molecule is Cc1nc(CC(NC(=O)OCc2ccccc2)C(=O)O)sc1C. The second-order valence-electron chi connectivity index (χ2n) is 5.05. The third-order valence-corrected chi connectivity index (χ3v) is 4.35. The van der Waals surface area contributed by atoms with Gasteiger partial charge in [0.05, 0.1) is 10.7 Å². The van der Waals surface area contributed by atoms with Crippen LogP contribution < -0.4 is 5.32 Å². The lowest BCUT2D eigenvalue weighted by molar-refractivity contribution is -0.139. The number of carbonyl (C=O) groups excluding carboxylic acids is 1. The second-order valence-corrected chi connectivity index (χ2v) is 6.34. The van der Waals surface area contributed by atoms with Gasteiger partial charge in [0, 0.05) is 11.3 Å². The normalized spacial score (nSPS) is 11.7. The molecule has 0 bridgehead atoms. The lowest BCUT2D eigenvalue weighted by atomic mass is 10.2. The summed E-state index contributed by atoms with van der Waals surface area (Å²) >= 11 is 1.43. The van der Waals surface area contributed by atoms with Crippen molar-refractivity contribution in [2.45, 2.75) is 32.9 Å². The van der Waals surface area contributed by atoms with Crippen molar-refractivity contribution in [2.75, 3.05) is 0 Å². The van der Waals surface area contributed by atoms with Gasteiger partial charge in [-0.05, 0) is 19.4 Å². The Morgan fingerprint density at radius 3 is 2.57 bits per heavy atom. The molecule has 7 heteroatoms. The summed E-state index contributed by atoms with van der Waals surface area (Å²) in [5.41, 5.74) is 1.71. The number of carboxylic acids is 1. The van der Waals surface area contributed by atoms with Gasteiger partial charge in [-0.2, -0.15) is 0 Å². The molecule has 2 aromatic rings. The zero-order chi connectivity index (χ0) is 16.8.